The van der Waals surface area contributed by atoms with Crippen LogP contribution in [-0.2, 0) is 22.6 Å². The van der Waals surface area contributed by atoms with Crippen molar-refractivity contribution in [2.75, 3.05) is 24.6 Å². The zero-order chi connectivity index (χ0) is 19.2. The van der Waals surface area contributed by atoms with E-state index in [1.807, 2.05) is 48.7 Å². The monoisotopic (exact) mass is 378 g/mol. The van der Waals surface area contributed by atoms with E-state index in [0.29, 0.717) is 13.0 Å². The minimum absolute atomic E-state index is 0.0579. The van der Waals surface area contributed by atoms with Crippen LogP contribution in [0.5, 0.6) is 0 Å². The van der Waals surface area contributed by atoms with Crippen molar-refractivity contribution in [2.45, 2.75) is 38.3 Å². The van der Waals surface area contributed by atoms with Crippen molar-refractivity contribution in [2.24, 2.45) is 0 Å². The number of hydrogen-bond acceptors (Lipinski definition) is 5. The number of carbonyl (C=O) groups excluding carboxylic acids is 1. The lowest BCUT2D eigenvalue weighted by Gasteiger charge is -2.33. The highest BCUT2D eigenvalue weighted by Crippen LogP contribution is 2.20. The maximum absolute atomic E-state index is 12.3. The molecule has 0 aliphatic carbocycles. The number of ether oxygens (including phenoxy) is 1. The molecule has 0 unspecified atom stereocenters. The van der Waals surface area contributed by atoms with Gasteiger partial charge in [0.15, 0.2) is 0 Å². The third kappa shape index (κ3) is 4.75. The van der Waals surface area contributed by atoms with E-state index in [9.17, 15) is 4.79 Å². The first-order chi connectivity index (χ1) is 13.8. The van der Waals surface area contributed by atoms with Gasteiger partial charge in [0.25, 0.3) is 0 Å². The molecule has 3 heterocycles. The Balaban J connectivity index is 1.31. The molecule has 2 aromatic rings. The zero-order valence-electron chi connectivity index (χ0n) is 16.0. The second-order valence-electron chi connectivity index (χ2n) is 7.31. The molecule has 6 nitrogen and oxygen atoms in total. The summed E-state index contributed by atoms with van der Waals surface area (Å²) in [6, 6.07) is 10.2. The Morgan fingerprint density at radius 3 is 3.11 bits per heavy atom. The van der Waals surface area contributed by atoms with Crippen molar-refractivity contribution >= 4 is 17.9 Å². The summed E-state index contributed by atoms with van der Waals surface area (Å²) in [5, 5.41) is 3.16. The molecule has 1 atom stereocenters. The third-order valence-electron chi connectivity index (χ3n) is 5.16. The van der Waals surface area contributed by atoms with Crippen molar-refractivity contribution in [3.8, 4) is 0 Å². The Labute approximate surface area is 165 Å². The molecule has 1 amide bonds. The number of aromatic nitrogens is 2. The van der Waals surface area contributed by atoms with E-state index < -0.39 is 0 Å². The quantitative estimate of drug-likeness (QED) is 0.867. The van der Waals surface area contributed by atoms with Crippen LogP contribution in [0.4, 0.5) is 5.95 Å². The Morgan fingerprint density at radius 2 is 2.21 bits per heavy atom. The van der Waals surface area contributed by atoms with Crippen LogP contribution in [0, 0.1) is 0 Å². The number of benzene rings is 1. The number of nitrogens with one attached hydrogen (secondary N) is 1. The molecule has 28 heavy (non-hydrogen) atoms. The molecule has 2 aliphatic heterocycles. The largest absolute Gasteiger partial charge is 0.376 e. The first-order valence-corrected chi connectivity index (χ1v) is 9.96. The fourth-order valence-corrected chi connectivity index (χ4v) is 3.70. The number of piperidine rings is 1. The van der Waals surface area contributed by atoms with E-state index in [1.54, 1.807) is 0 Å². The van der Waals surface area contributed by atoms with Gasteiger partial charge >= 0.3 is 0 Å². The van der Waals surface area contributed by atoms with Crippen molar-refractivity contribution < 1.29 is 9.53 Å². The number of carbonyl (C=O) groups is 1. The average molecular weight is 378 g/mol. The van der Waals surface area contributed by atoms with E-state index in [2.05, 4.69) is 15.2 Å². The van der Waals surface area contributed by atoms with Gasteiger partial charge < -0.3 is 15.0 Å². The summed E-state index contributed by atoms with van der Waals surface area (Å²) in [5.41, 5.74) is 3.28. The minimum atomic E-state index is 0.0579. The van der Waals surface area contributed by atoms with Gasteiger partial charge in [-0.15, -0.1) is 0 Å². The second-order valence-corrected chi connectivity index (χ2v) is 7.31. The molecule has 1 N–H and O–H groups in total. The van der Waals surface area contributed by atoms with E-state index in [4.69, 9.17) is 9.72 Å². The van der Waals surface area contributed by atoms with Gasteiger partial charge in [0, 0.05) is 43.7 Å². The molecule has 146 valence electrons. The van der Waals surface area contributed by atoms with Crippen molar-refractivity contribution in [3.05, 3.63) is 59.4 Å². The van der Waals surface area contributed by atoms with Gasteiger partial charge in [-0.3, -0.25) is 4.79 Å². The predicted octanol–water partition coefficient (Wildman–Crippen LogP) is 2.74. The van der Waals surface area contributed by atoms with Gasteiger partial charge in [-0.25, -0.2) is 9.97 Å². The van der Waals surface area contributed by atoms with Crippen molar-refractivity contribution in [1.29, 1.82) is 0 Å². The maximum atomic E-state index is 12.3. The first kappa shape index (κ1) is 18.6. The van der Waals surface area contributed by atoms with Crippen LogP contribution >= 0.6 is 0 Å². The lowest BCUT2D eigenvalue weighted by atomic mass is 10.1. The van der Waals surface area contributed by atoms with Crippen LogP contribution in [-0.4, -0.2) is 41.6 Å². The molecule has 0 spiro atoms. The lowest BCUT2D eigenvalue weighted by Crippen LogP contribution is -2.48. The SMILES string of the molecule is O=C(C/C=C/c1ccccc1)N[C@H]1CCCN(c2ncc3c(n2)CCOC3)C1. The molecule has 1 aromatic heterocycles. The van der Waals surface area contributed by atoms with Crippen LogP contribution in [0.2, 0.25) is 0 Å². The minimum Gasteiger partial charge on any atom is -0.376 e. The number of rotatable bonds is 5. The summed E-state index contributed by atoms with van der Waals surface area (Å²) in [6.07, 6.45) is 9.02. The Kier molecular flexibility index (Phi) is 5.97. The van der Waals surface area contributed by atoms with Gasteiger partial charge in [-0.05, 0) is 18.4 Å². The van der Waals surface area contributed by atoms with E-state index >= 15 is 0 Å². The number of amides is 1. The van der Waals surface area contributed by atoms with E-state index in [0.717, 1.165) is 61.7 Å². The molecular formula is C22H26N4O2. The summed E-state index contributed by atoms with van der Waals surface area (Å²) in [5.74, 6) is 0.825. The van der Waals surface area contributed by atoms with E-state index in [-0.39, 0.29) is 11.9 Å². The van der Waals surface area contributed by atoms with Crippen LogP contribution in [0.15, 0.2) is 42.6 Å². The topological polar surface area (TPSA) is 67.4 Å². The summed E-state index contributed by atoms with van der Waals surface area (Å²) < 4.78 is 5.46. The first-order valence-electron chi connectivity index (χ1n) is 9.96. The van der Waals surface area contributed by atoms with Crippen LogP contribution in [0.3, 0.4) is 0 Å². The summed E-state index contributed by atoms with van der Waals surface area (Å²) in [7, 11) is 0. The molecule has 6 heteroatoms. The average Bonchev–Trinajstić information content (AvgIpc) is 2.74. The normalized spacial score (nSPS) is 19.4. The standard InChI is InChI=1S/C22H26N4O2/c27-21(10-4-8-17-6-2-1-3-7-17)24-19-9-5-12-26(15-19)22-23-14-18-16-28-13-11-20(18)25-22/h1-4,6-8,14,19H,5,9-13,15-16H2,(H,24,27)/b8-4+/t19-/m0/s1. The number of hydrogen-bond donors (Lipinski definition) is 1. The van der Waals surface area contributed by atoms with Gasteiger partial charge in [0.1, 0.15) is 0 Å². The molecule has 0 saturated carbocycles. The van der Waals surface area contributed by atoms with Gasteiger partial charge in [0.05, 0.1) is 18.9 Å². The Morgan fingerprint density at radius 1 is 1.32 bits per heavy atom. The highest BCUT2D eigenvalue weighted by molar-refractivity contribution is 5.78. The Bertz CT molecular complexity index is 838. The fourth-order valence-electron chi connectivity index (χ4n) is 3.70. The second kappa shape index (κ2) is 8.97. The molecule has 1 saturated heterocycles. The lowest BCUT2D eigenvalue weighted by molar-refractivity contribution is -0.121. The maximum Gasteiger partial charge on any atom is 0.225 e. The van der Waals surface area contributed by atoms with Crippen LogP contribution in [0.1, 0.15) is 36.1 Å². The molecule has 0 bridgehead atoms. The highest BCUT2D eigenvalue weighted by Gasteiger charge is 2.24. The van der Waals surface area contributed by atoms with Gasteiger partial charge in [-0.2, -0.15) is 0 Å². The molecule has 1 fully saturated rings. The van der Waals surface area contributed by atoms with Crippen LogP contribution in [0.25, 0.3) is 6.08 Å². The third-order valence-corrected chi connectivity index (χ3v) is 5.16. The highest BCUT2D eigenvalue weighted by atomic mass is 16.5. The smallest absolute Gasteiger partial charge is 0.225 e. The predicted molar refractivity (Wildman–Crippen MR) is 109 cm³/mol. The van der Waals surface area contributed by atoms with Gasteiger partial charge in [-0.1, -0.05) is 42.5 Å². The molecule has 4 rings (SSSR count). The zero-order valence-corrected chi connectivity index (χ0v) is 16.0. The fraction of sp³-hybridized carbons (Fsp3) is 0.409. The molecule has 2 aliphatic rings. The van der Waals surface area contributed by atoms with Crippen molar-refractivity contribution in [3.63, 3.8) is 0 Å². The molecular weight excluding hydrogens is 352 g/mol. The Hall–Kier alpha value is -2.73. The summed E-state index contributed by atoms with van der Waals surface area (Å²) in [4.78, 5) is 23.8. The summed E-state index contributed by atoms with van der Waals surface area (Å²) >= 11 is 0. The molecule has 0 radical (unpaired) electrons. The van der Waals surface area contributed by atoms with Crippen LogP contribution < -0.4 is 10.2 Å². The summed E-state index contributed by atoms with van der Waals surface area (Å²) in [6.45, 7) is 3.00. The molecule has 1 aromatic carbocycles. The number of anilines is 1. The van der Waals surface area contributed by atoms with E-state index in [1.165, 1.54) is 0 Å². The van der Waals surface area contributed by atoms with Gasteiger partial charge in [0.2, 0.25) is 11.9 Å². The number of fused-ring (bicyclic) bond motifs is 1. The van der Waals surface area contributed by atoms with Crippen molar-refractivity contribution in [1.82, 2.24) is 15.3 Å². The number of nitrogens with zero attached hydrogens (tertiary/aromatic N) is 3.